The Morgan fingerprint density at radius 1 is 0.933 bits per heavy atom. The van der Waals surface area contributed by atoms with Gasteiger partial charge in [-0.05, 0) is 38.0 Å². The molecule has 3 rings (SSSR count). The lowest BCUT2D eigenvalue weighted by Crippen LogP contribution is -2.36. The molecule has 15 heavy (non-hydrogen) atoms. The zero-order valence-corrected chi connectivity index (χ0v) is 9.28. The Kier molecular flexibility index (Phi) is 2.49. The van der Waals surface area contributed by atoms with Gasteiger partial charge in [-0.15, -0.1) is 0 Å². The highest BCUT2D eigenvalue weighted by molar-refractivity contribution is 4.96. The summed E-state index contributed by atoms with van der Waals surface area (Å²) in [6.07, 6.45) is 7.20. The fourth-order valence-corrected chi connectivity index (χ4v) is 3.73. The van der Waals surface area contributed by atoms with Gasteiger partial charge >= 0.3 is 0 Å². The molecule has 3 aliphatic rings. The highest BCUT2D eigenvalue weighted by Crippen LogP contribution is 2.50. The van der Waals surface area contributed by atoms with E-state index in [2.05, 4.69) is 0 Å². The molecule has 1 spiro atoms. The molecule has 0 bridgehead atoms. The normalized spacial score (nSPS) is 44.2. The highest BCUT2D eigenvalue weighted by Gasteiger charge is 2.52. The first kappa shape index (κ1) is 10.1. The molecule has 3 atom stereocenters. The summed E-state index contributed by atoms with van der Waals surface area (Å²) in [5.41, 5.74) is 6.04. The van der Waals surface area contributed by atoms with Crippen molar-refractivity contribution in [2.45, 2.75) is 50.4 Å². The maximum Gasteiger partial charge on any atom is 0.171 e. The molecule has 2 unspecified atom stereocenters. The van der Waals surface area contributed by atoms with E-state index < -0.39 is 0 Å². The average molecular weight is 211 g/mol. The number of rotatable bonds is 0. The quantitative estimate of drug-likeness (QED) is 0.662. The molecule has 1 heterocycles. The van der Waals surface area contributed by atoms with Crippen LogP contribution in [0.3, 0.4) is 0 Å². The number of ether oxygens (including phenoxy) is 2. The van der Waals surface area contributed by atoms with E-state index in [1.54, 1.807) is 0 Å². The molecule has 0 aromatic rings. The second-order valence-corrected chi connectivity index (χ2v) is 5.33. The maximum absolute atomic E-state index is 6.04. The molecule has 0 aromatic heterocycles. The topological polar surface area (TPSA) is 44.5 Å². The van der Waals surface area contributed by atoms with Gasteiger partial charge in [0.25, 0.3) is 0 Å². The van der Waals surface area contributed by atoms with Gasteiger partial charge in [0.05, 0.1) is 13.2 Å². The summed E-state index contributed by atoms with van der Waals surface area (Å²) in [6.45, 7) is 1.57. The molecule has 2 N–H and O–H groups in total. The van der Waals surface area contributed by atoms with Gasteiger partial charge in [-0.1, -0.05) is 0 Å². The van der Waals surface area contributed by atoms with Crippen molar-refractivity contribution < 1.29 is 9.47 Å². The van der Waals surface area contributed by atoms with Crippen LogP contribution in [0.5, 0.6) is 0 Å². The van der Waals surface area contributed by atoms with Crippen molar-refractivity contribution in [1.29, 1.82) is 0 Å². The minimum absolute atomic E-state index is 0.200. The van der Waals surface area contributed by atoms with Crippen LogP contribution in [0, 0.1) is 11.8 Å². The van der Waals surface area contributed by atoms with Gasteiger partial charge in [-0.3, -0.25) is 0 Å². The molecule has 0 radical (unpaired) electrons. The Hall–Kier alpha value is -0.120. The van der Waals surface area contributed by atoms with Crippen LogP contribution in [-0.2, 0) is 9.47 Å². The van der Waals surface area contributed by atoms with Crippen molar-refractivity contribution in [3.8, 4) is 0 Å². The Morgan fingerprint density at radius 2 is 1.67 bits per heavy atom. The molecule has 1 aliphatic heterocycles. The van der Waals surface area contributed by atoms with Crippen LogP contribution < -0.4 is 5.73 Å². The summed E-state index contributed by atoms with van der Waals surface area (Å²) in [7, 11) is 0. The molecule has 0 amide bonds. The SMILES string of the molecule is NC1CCC2CCC3(OCCO3)[C@@H]2CC1. The molecule has 86 valence electrons. The van der Waals surface area contributed by atoms with E-state index in [-0.39, 0.29) is 5.79 Å². The van der Waals surface area contributed by atoms with E-state index in [4.69, 9.17) is 15.2 Å². The fraction of sp³-hybridized carbons (Fsp3) is 1.00. The second kappa shape index (κ2) is 3.72. The van der Waals surface area contributed by atoms with E-state index in [1.165, 1.54) is 25.7 Å². The highest BCUT2D eigenvalue weighted by atomic mass is 16.7. The third-order valence-corrected chi connectivity index (χ3v) is 4.53. The molecule has 1 saturated heterocycles. The summed E-state index contributed by atoms with van der Waals surface area (Å²) in [5, 5.41) is 0. The van der Waals surface area contributed by atoms with E-state index in [0.717, 1.165) is 32.0 Å². The van der Waals surface area contributed by atoms with Crippen molar-refractivity contribution in [3.05, 3.63) is 0 Å². The summed E-state index contributed by atoms with van der Waals surface area (Å²) < 4.78 is 11.8. The maximum atomic E-state index is 6.04. The van der Waals surface area contributed by atoms with Crippen molar-refractivity contribution in [2.24, 2.45) is 17.6 Å². The largest absolute Gasteiger partial charge is 0.347 e. The summed E-state index contributed by atoms with van der Waals surface area (Å²) >= 11 is 0. The predicted molar refractivity (Wildman–Crippen MR) is 57.3 cm³/mol. The van der Waals surface area contributed by atoms with E-state index in [1.807, 2.05) is 0 Å². The van der Waals surface area contributed by atoms with Gasteiger partial charge < -0.3 is 15.2 Å². The van der Waals surface area contributed by atoms with Gasteiger partial charge in [-0.2, -0.15) is 0 Å². The Labute approximate surface area is 91.3 Å². The lowest BCUT2D eigenvalue weighted by molar-refractivity contribution is -0.187. The van der Waals surface area contributed by atoms with Crippen LogP contribution in [0.25, 0.3) is 0 Å². The van der Waals surface area contributed by atoms with Crippen LogP contribution in [0.2, 0.25) is 0 Å². The first-order chi connectivity index (χ1) is 7.30. The zero-order chi connectivity index (χ0) is 10.3. The van der Waals surface area contributed by atoms with Crippen LogP contribution in [0.4, 0.5) is 0 Å². The lowest BCUT2D eigenvalue weighted by atomic mass is 9.88. The van der Waals surface area contributed by atoms with Gasteiger partial charge in [0.2, 0.25) is 0 Å². The van der Waals surface area contributed by atoms with Crippen molar-refractivity contribution in [2.75, 3.05) is 13.2 Å². The van der Waals surface area contributed by atoms with Crippen molar-refractivity contribution in [3.63, 3.8) is 0 Å². The van der Waals surface area contributed by atoms with Gasteiger partial charge in [0.15, 0.2) is 5.79 Å². The zero-order valence-electron chi connectivity index (χ0n) is 9.28. The number of hydrogen-bond donors (Lipinski definition) is 1. The summed E-state index contributed by atoms with van der Waals surface area (Å²) in [6, 6.07) is 0.411. The molecular weight excluding hydrogens is 190 g/mol. The first-order valence-corrected chi connectivity index (χ1v) is 6.34. The summed E-state index contributed by atoms with van der Waals surface area (Å²) in [4.78, 5) is 0. The fourth-order valence-electron chi connectivity index (χ4n) is 3.73. The Bertz CT molecular complexity index is 238. The lowest BCUT2D eigenvalue weighted by Gasteiger charge is -2.31. The smallest absolute Gasteiger partial charge is 0.171 e. The standard InChI is InChI=1S/C12H21NO2/c13-10-2-1-9-5-6-12(11(9)4-3-10)14-7-8-15-12/h9-11H,1-8,13H2/t9?,10?,11-/m1/s1. The second-order valence-electron chi connectivity index (χ2n) is 5.33. The molecule has 3 fully saturated rings. The molecule has 3 nitrogen and oxygen atoms in total. The van der Waals surface area contributed by atoms with Crippen LogP contribution >= 0.6 is 0 Å². The van der Waals surface area contributed by atoms with Crippen LogP contribution in [0.15, 0.2) is 0 Å². The van der Waals surface area contributed by atoms with Gasteiger partial charge in [0, 0.05) is 18.4 Å². The first-order valence-electron chi connectivity index (χ1n) is 6.34. The summed E-state index contributed by atoms with van der Waals surface area (Å²) in [5.74, 6) is 1.22. The molecular formula is C12H21NO2. The van der Waals surface area contributed by atoms with Gasteiger partial charge in [0.1, 0.15) is 0 Å². The van der Waals surface area contributed by atoms with Gasteiger partial charge in [-0.25, -0.2) is 0 Å². The average Bonchev–Trinajstić information content (AvgIpc) is 2.78. The third kappa shape index (κ3) is 1.61. The van der Waals surface area contributed by atoms with E-state index in [9.17, 15) is 0 Å². The minimum atomic E-state index is -0.200. The van der Waals surface area contributed by atoms with E-state index in [0.29, 0.717) is 12.0 Å². The molecule has 2 aliphatic carbocycles. The van der Waals surface area contributed by atoms with Crippen LogP contribution in [-0.4, -0.2) is 25.0 Å². The minimum Gasteiger partial charge on any atom is -0.347 e. The molecule has 0 aromatic carbocycles. The van der Waals surface area contributed by atoms with Crippen molar-refractivity contribution >= 4 is 0 Å². The van der Waals surface area contributed by atoms with Crippen LogP contribution in [0.1, 0.15) is 38.5 Å². The van der Waals surface area contributed by atoms with E-state index >= 15 is 0 Å². The van der Waals surface area contributed by atoms with Crippen molar-refractivity contribution in [1.82, 2.24) is 0 Å². The number of nitrogens with two attached hydrogens (primary N) is 1. The number of fused-ring (bicyclic) bond motifs is 2. The Balaban J connectivity index is 1.78. The third-order valence-electron chi connectivity index (χ3n) is 4.53. The molecule has 2 saturated carbocycles. The Morgan fingerprint density at radius 3 is 2.47 bits per heavy atom. The number of hydrogen-bond acceptors (Lipinski definition) is 3. The predicted octanol–water partition coefficient (Wildman–Crippen LogP) is 1.66. The molecule has 3 heteroatoms. The monoisotopic (exact) mass is 211 g/mol.